The Labute approximate surface area is 127 Å². The van der Waals surface area contributed by atoms with E-state index >= 15 is 0 Å². The molecule has 8 nitrogen and oxygen atoms in total. The van der Waals surface area contributed by atoms with Crippen LogP contribution in [-0.2, 0) is 9.53 Å². The van der Waals surface area contributed by atoms with E-state index in [4.69, 9.17) is 14.2 Å². The number of nitro groups is 1. The van der Waals surface area contributed by atoms with Crippen LogP contribution >= 0.6 is 0 Å². The van der Waals surface area contributed by atoms with Crippen LogP contribution in [0.5, 0.6) is 11.5 Å². The Balaban J connectivity index is 2.02. The Morgan fingerprint density at radius 3 is 2.91 bits per heavy atom. The van der Waals surface area contributed by atoms with Crippen molar-refractivity contribution in [1.29, 1.82) is 0 Å². The van der Waals surface area contributed by atoms with E-state index in [9.17, 15) is 14.9 Å². The summed E-state index contributed by atoms with van der Waals surface area (Å²) in [6, 6.07) is 4.00. The van der Waals surface area contributed by atoms with Crippen LogP contribution in [-0.4, -0.2) is 55.2 Å². The molecule has 0 saturated carbocycles. The topological polar surface area (TPSA) is 91.1 Å². The van der Waals surface area contributed by atoms with E-state index in [1.54, 1.807) is 4.90 Å². The van der Waals surface area contributed by atoms with Gasteiger partial charge in [0.25, 0.3) is 11.6 Å². The lowest BCUT2D eigenvalue weighted by atomic mass is 10.3. The summed E-state index contributed by atoms with van der Waals surface area (Å²) in [5, 5.41) is 10.8. The van der Waals surface area contributed by atoms with Crippen LogP contribution < -0.4 is 9.47 Å². The van der Waals surface area contributed by atoms with Gasteiger partial charge >= 0.3 is 0 Å². The number of amides is 1. The first kappa shape index (κ1) is 16.0. The van der Waals surface area contributed by atoms with E-state index in [-0.39, 0.29) is 30.1 Å². The van der Waals surface area contributed by atoms with Gasteiger partial charge in [-0.2, -0.15) is 0 Å². The minimum absolute atomic E-state index is 0.00921. The standard InChI is InChI=1S/C14H18N2O6/c1-10-8-15(5-6-21-10)14(17)9-22-13-7-11(16(18)19)3-4-12(13)20-2/h3-4,7,10H,5-6,8-9H2,1-2H3. The van der Waals surface area contributed by atoms with E-state index < -0.39 is 4.92 Å². The lowest BCUT2D eigenvalue weighted by Crippen LogP contribution is -2.46. The van der Waals surface area contributed by atoms with E-state index in [1.807, 2.05) is 6.92 Å². The maximum Gasteiger partial charge on any atom is 0.273 e. The number of carbonyl (C=O) groups excluding carboxylic acids is 1. The molecule has 0 aliphatic carbocycles. The quantitative estimate of drug-likeness (QED) is 0.600. The number of methoxy groups -OCH3 is 1. The number of morpholine rings is 1. The first-order chi connectivity index (χ1) is 10.5. The Morgan fingerprint density at radius 2 is 2.27 bits per heavy atom. The Hall–Kier alpha value is -2.35. The molecule has 120 valence electrons. The first-order valence-corrected chi connectivity index (χ1v) is 6.86. The zero-order chi connectivity index (χ0) is 16.1. The summed E-state index contributed by atoms with van der Waals surface area (Å²) in [4.78, 5) is 24.0. The Bertz CT molecular complexity index is 562. The molecule has 1 amide bonds. The van der Waals surface area contributed by atoms with E-state index in [2.05, 4.69) is 0 Å². The molecule has 1 fully saturated rings. The molecule has 22 heavy (non-hydrogen) atoms. The molecule has 8 heteroatoms. The smallest absolute Gasteiger partial charge is 0.273 e. The second-order valence-electron chi connectivity index (χ2n) is 4.90. The molecule has 1 heterocycles. The number of ether oxygens (including phenoxy) is 3. The fourth-order valence-corrected chi connectivity index (χ4v) is 2.17. The molecule has 0 N–H and O–H groups in total. The predicted molar refractivity (Wildman–Crippen MR) is 77.1 cm³/mol. The maximum absolute atomic E-state index is 12.1. The summed E-state index contributed by atoms with van der Waals surface area (Å²) in [5.41, 5.74) is -0.122. The molecule has 2 rings (SSSR count). The van der Waals surface area contributed by atoms with Crippen molar-refractivity contribution in [2.45, 2.75) is 13.0 Å². The van der Waals surface area contributed by atoms with Crippen LogP contribution in [0.1, 0.15) is 6.92 Å². The van der Waals surface area contributed by atoms with Gasteiger partial charge in [-0.25, -0.2) is 0 Å². The van der Waals surface area contributed by atoms with Crippen molar-refractivity contribution in [2.75, 3.05) is 33.4 Å². The molecule has 1 aliphatic heterocycles. The monoisotopic (exact) mass is 310 g/mol. The van der Waals surface area contributed by atoms with Crippen LogP contribution in [0.3, 0.4) is 0 Å². The second-order valence-corrected chi connectivity index (χ2v) is 4.90. The highest BCUT2D eigenvalue weighted by Gasteiger charge is 2.22. The highest BCUT2D eigenvalue weighted by Crippen LogP contribution is 2.31. The normalized spacial score (nSPS) is 17.9. The average molecular weight is 310 g/mol. The summed E-state index contributed by atoms with van der Waals surface area (Å²) in [6.45, 7) is 3.20. The number of benzene rings is 1. The molecule has 1 aromatic carbocycles. The summed E-state index contributed by atoms with van der Waals surface area (Å²) in [7, 11) is 1.43. The van der Waals surface area contributed by atoms with E-state index in [1.165, 1.54) is 25.3 Å². The minimum atomic E-state index is -0.530. The predicted octanol–water partition coefficient (Wildman–Crippen LogP) is 1.23. The molecular formula is C14H18N2O6. The van der Waals surface area contributed by atoms with Gasteiger partial charge in [-0.05, 0) is 13.0 Å². The van der Waals surface area contributed by atoms with Gasteiger partial charge in [-0.15, -0.1) is 0 Å². The van der Waals surface area contributed by atoms with Crippen LogP contribution in [0.2, 0.25) is 0 Å². The SMILES string of the molecule is COc1ccc([N+](=O)[O-])cc1OCC(=O)N1CCOC(C)C1. The number of nitrogens with zero attached hydrogens (tertiary/aromatic N) is 2. The molecule has 1 aliphatic rings. The highest BCUT2D eigenvalue weighted by atomic mass is 16.6. The van der Waals surface area contributed by atoms with Crippen LogP contribution in [0.15, 0.2) is 18.2 Å². The average Bonchev–Trinajstić information content (AvgIpc) is 2.52. The van der Waals surface area contributed by atoms with Crippen LogP contribution in [0.25, 0.3) is 0 Å². The number of hydrogen-bond donors (Lipinski definition) is 0. The molecular weight excluding hydrogens is 292 g/mol. The fourth-order valence-electron chi connectivity index (χ4n) is 2.17. The maximum atomic E-state index is 12.1. The largest absolute Gasteiger partial charge is 0.493 e. The molecule has 0 bridgehead atoms. The van der Waals surface area contributed by atoms with Gasteiger partial charge in [0.05, 0.1) is 30.8 Å². The Kier molecular flexibility index (Phi) is 5.16. The third kappa shape index (κ3) is 3.85. The molecule has 1 aromatic rings. The number of hydrogen-bond acceptors (Lipinski definition) is 6. The van der Waals surface area contributed by atoms with E-state index in [0.29, 0.717) is 25.4 Å². The number of non-ortho nitro benzene ring substituents is 1. The molecule has 1 unspecified atom stereocenters. The Morgan fingerprint density at radius 1 is 1.50 bits per heavy atom. The van der Waals surface area contributed by atoms with Crippen molar-refractivity contribution in [3.8, 4) is 11.5 Å². The summed E-state index contributed by atoms with van der Waals surface area (Å²) in [6.07, 6.45) is -0.00921. The van der Waals surface area contributed by atoms with Crippen LogP contribution in [0.4, 0.5) is 5.69 Å². The molecule has 0 aromatic heterocycles. The molecule has 0 radical (unpaired) electrons. The summed E-state index contributed by atoms with van der Waals surface area (Å²) < 4.78 is 15.9. The van der Waals surface area contributed by atoms with Gasteiger partial charge < -0.3 is 19.1 Å². The van der Waals surface area contributed by atoms with Gasteiger partial charge in [-0.3, -0.25) is 14.9 Å². The highest BCUT2D eigenvalue weighted by molar-refractivity contribution is 5.78. The van der Waals surface area contributed by atoms with E-state index in [0.717, 1.165) is 0 Å². The van der Waals surface area contributed by atoms with Crippen LogP contribution in [0, 0.1) is 10.1 Å². The van der Waals surface area contributed by atoms with Crippen molar-refractivity contribution in [3.63, 3.8) is 0 Å². The number of carbonyl (C=O) groups is 1. The zero-order valence-corrected chi connectivity index (χ0v) is 12.5. The third-order valence-corrected chi connectivity index (χ3v) is 3.30. The molecule has 1 saturated heterocycles. The van der Waals surface area contributed by atoms with Crippen molar-refractivity contribution in [1.82, 2.24) is 4.90 Å². The van der Waals surface area contributed by atoms with Crippen molar-refractivity contribution in [2.24, 2.45) is 0 Å². The lowest BCUT2D eigenvalue weighted by Gasteiger charge is -2.31. The van der Waals surface area contributed by atoms with Gasteiger partial charge in [0.2, 0.25) is 0 Å². The number of rotatable bonds is 5. The van der Waals surface area contributed by atoms with Crippen molar-refractivity contribution < 1.29 is 23.9 Å². The summed E-state index contributed by atoms with van der Waals surface area (Å²) >= 11 is 0. The lowest BCUT2D eigenvalue weighted by molar-refractivity contribution is -0.385. The molecule has 1 atom stereocenters. The van der Waals surface area contributed by atoms with Crippen molar-refractivity contribution >= 4 is 11.6 Å². The molecule has 0 spiro atoms. The second kappa shape index (κ2) is 7.08. The van der Waals surface area contributed by atoms with Gasteiger partial charge in [0.15, 0.2) is 18.1 Å². The minimum Gasteiger partial charge on any atom is -0.493 e. The van der Waals surface area contributed by atoms with Gasteiger partial charge in [0.1, 0.15) is 0 Å². The zero-order valence-electron chi connectivity index (χ0n) is 12.5. The third-order valence-electron chi connectivity index (χ3n) is 3.30. The number of nitro benzene ring substituents is 1. The summed E-state index contributed by atoms with van der Waals surface area (Å²) in [5.74, 6) is 0.323. The van der Waals surface area contributed by atoms with Gasteiger partial charge in [-0.1, -0.05) is 0 Å². The fraction of sp³-hybridized carbons (Fsp3) is 0.500. The first-order valence-electron chi connectivity index (χ1n) is 6.86. The van der Waals surface area contributed by atoms with Gasteiger partial charge in [0, 0.05) is 19.2 Å². The van der Waals surface area contributed by atoms with Crippen molar-refractivity contribution in [3.05, 3.63) is 28.3 Å².